The number of aliphatic imine (C=N–C) groups is 3. The Balaban J connectivity index is -0.000000120. The number of hydrogen-bond donors (Lipinski definition) is 3. The van der Waals surface area contributed by atoms with Crippen molar-refractivity contribution >= 4 is 59.7 Å². The summed E-state index contributed by atoms with van der Waals surface area (Å²) in [7, 11) is 0. The lowest BCUT2D eigenvalue weighted by Crippen LogP contribution is -2.36. The van der Waals surface area contributed by atoms with E-state index in [4.69, 9.17) is 57.6 Å². The first-order valence-electron chi connectivity index (χ1n) is 41.9. The van der Waals surface area contributed by atoms with Crippen LogP contribution in [0.15, 0.2) is 51.1 Å². The molecule has 10 rings (SSSR count). The number of ether oxygens (including phenoxy) is 4. The van der Waals surface area contributed by atoms with Gasteiger partial charge in [0.15, 0.2) is 26.0 Å². The maximum atomic E-state index is 5.16. The Morgan fingerprint density at radius 1 is 0.370 bits per heavy atom. The van der Waals surface area contributed by atoms with Crippen LogP contribution in [-0.4, -0.2) is 157 Å². The van der Waals surface area contributed by atoms with Gasteiger partial charge in [0, 0.05) is 42.7 Å². The van der Waals surface area contributed by atoms with E-state index in [1.54, 1.807) is 0 Å². The van der Waals surface area contributed by atoms with Gasteiger partial charge in [-0.15, -0.1) is 0 Å². The van der Waals surface area contributed by atoms with Gasteiger partial charge in [0.05, 0.1) is 36.6 Å². The molecule has 0 amide bonds. The zero-order valence-corrected chi connectivity index (χ0v) is 77.5. The second-order valence-electron chi connectivity index (χ2n) is 24.4. The van der Waals surface area contributed by atoms with Crippen LogP contribution in [0.25, 0.3) is 0 Å². The van der Waals surface area contributed by atoms with Crippen molar-refractivity contribution in [2.45, 2.75) is 340 Å². The summed E-state index contributed by atoms with van der Waals surface area (Å²) in [6, 6.07) is 0.655. The number of hydrogen-bond acceptors (Lipinski definition) is 26. The van der Waals surface area contributed by atoms with Crippen LogP contribution in [0, 0.1) is 59.2 Å². The molecule has 0 fully saturated rings. The second-order valence-corrected chi connectivity index (χ2v) is 24.4. The third kappa shape index (κ3) is 78.0. The molecule has 10 heterocycles. The van der Waals surface area contributed by atoms with E-state index in [1.807, 2.05) is 173 Å². The third-order valence-electron chi connectivity index (χ3n) is 13.2. The van der Waals surface area contributed by atoms with Crippen molar-refractivity contribution in [2.75, 3.05) is 79.5 Å². The Kier molecular flexibility index (Phi) is 110. The van der Waals surface area contributed by atoms with Gasteiger partial charge >= 0.3 is 0 Å². The van der Waals surface area contributed by atoms with Crippen LogP contribution < -0.4 is 16.3 Å². The van der Waals surface area contributed by atoms with E-state index in [0.29, 0.717) is 111 Å². The van der Waals surface area contributed by atoms with E-state index in [-0.39, 0.29) is 19.0 Å². The predicted octanol–water partition coefficient (Wildman–Crippen LogP) is 21.8. The first-order valence-corrected chi connectivity index (χ1v) is 41.9. The first kappa shape index (κ1) is 123. The minimum absolute atomic E-state index is 0.134. The molecule has 0 saturated carbocycles. The number of amidine groups is 2. The summed E-state index contributed by atoms with van der Waals surface area (Å²) in [6.45, 7) is 90.1. The molecule has 3 atom stereocenters. The summed E-state index contributed by atoms with van der Waals surface area (Å²) in [5, 5.41) is 29.4. The van der Waals surface area contributed by atoms with Crippen LogP contribution in [-0.2, 0) is 62.5 Å². The molecule has 3 unspecified atom stereocenters. The maximum Gasteiger partial charge on any atom is 0.257 e. The first-order chi connectivity index (χ1) is 52.0. The molecule has 0 bridgehead atoms. The minimum Gasteiger partial charge on any atom is -0.477 e. The van der Waals surface area contributed by atoms with Crippen molar-refractivity contribution in [3.05, 3.63) is 0 Å². The van der Waals surface area contributed by atoms with Crippen molar-refractivity contribution in [1.29, 1.82) is 0 Å². The Morgan fingerprint density at radius 2 is 0.833 bits per heavy atom. The lowest BCUT2D eigenvalue weighted by atomic mass is 10.0. The molecule has 0 spiro atoms. The topological polar surface area (TPSA) is 280 Å². The monoisotopic (exact) mass is 1550 g/mol. The molecular weight excluding hydrogens is 1370 g/mol. The zero-order valence-electron chi connectivity index (χ0n) is 77.5. The van der Waals surface area contributed by atoms with Gasteiger partial charge in [-0.2, -0.15) is 0 Å². The van der Waals surface area contributed by atoms with Crippen molar-refractivity contribution in [3.63, 3.8) is 0 Å². The summed E-state index contributed by atoms with van der Waals surface area (Å²) in [4.78, 5) is 56.0. The Hall–Kier alpha value is -6.18. The fourth-order valence-corrected chi connectivity index (χ4v) is 7.21. The van der Waals surface area contributed by atoms with Crippen molar-refractivity contribution in [3.8, 4) is 0 Å². The van der Waals surface area contributed by atoms with Crippen molar-refractivity contribution < 1.29 is 62.5 Å². The normalized spacial score (nSPS) is 17.6. The Labute approximate surface area is 665 Å². The smallest absolute Gasteiger partial charge is 0.257 e. The van der Waals surface area contributed by atoms with Crippen LogP contribution in [0.5, 0.6) is 0 Å². The van der Waals surface area contributed by atoms with Crippen molar-refractivity contribution in [2.24, 2.45) is 110 Å². The van der Waals surface area contributed by atoms with Gasteiger partial charge in [-0.05, 0) is 79.2 Å². The number of rotatable bonds is 10. The van der Waals surface area contributed by atoms with Gasteiger partial charge in [-0.1, -0.05) is 308 Å². The minimum atomic E-state index is 0.134. The molecule has 0 saturated heterocycles. The zero-order chi connectivity index (χ0) is 85.5. The van der Waals surface area contributed by atoms with Crippen molar-refractivity contribution in [1.82, 2.24) is 16.3 Å². The fourth-order valence-electron chi connectivity index (χ4n) is 7.21. The van der Waals surface area contributed by atoms with E-state index in [2.05, 4.69) is 183 Å². The SMILES string of the molecule is CC.CC.CC.CC.CC.CC.CC.CC.CC.CC.CC(C)C1=NCCON1.CC(C)C1=NCON1.CC(C)C1=NOCC1.CC(C)C1=NOCCC1.CC(C)C1=NOCCCC1.CC(C)C1=NOCCO1.CC(C)C1=NOCO1.CC(C)C1CCN=CN1.CC(C)C1COC=NO1.CC(C)C1CON=CO1. The second kappa shape index (κ2) is 96.9. The molecule has 108 heavy (non-hydrogen) atoms. The van der Waals surface area contributed by atoms with E-state index >= 15 is 0 Å². The molecule has 0 aromatic heterocycles. The van der Waals surface area contributed by atoms with Gasteiger partial charge in [0.1, 0.15) is 50.8 Å². The molecule has 648 valence electrons. The predicted molar refractivity (Wildman–Crippen MR) is 465 cm³/mol. The molecule has 0 aromatic rings. The van der Waals surface area contributed by atoms with Crippen LogP contribution in [0.2, 0.25) is 0 Å². The Morgan fingerprint density at radius 3 is 1.10 bits per heavy atom. The van der Waals surface area contributed by atoms with Gasteiger partial charge in [-0.25, -0.2) is 4.99 Å². The summed E-state index contributed by atoms with van der Waals surface area (Å²) >= 11 is 0. The summed E-state index contributed by atoms with van der Waals surface area (Å²) in [5.41, 5.74) is 9.10. The molecule has 26 heteroatoms. The van der Waals surface area contributed by atoms with Crippen LogP contribution in [0.4, 0.5) is 0 Å². The van der Waals surface area contributed by atoms with E-state index in [9.17, 15) is 0 Å². The van der Waals surface area contributed by atoms with Crippen LogP contribution in [0.3, 0.4) is 0 Å². The summed E-state index contributed by atoms with van der Waals surface area (Å²) < 4.78 is 20.2. The molecule has 10 aliphatic rings. The van der Waals surface area contributed by atoms with E-state index in [0.717, 1.165) is 82.6 Å². The molecular formula is C82H177N13O13. The summed E-state index contributed by atoms with van der Waals surface area (Å²) in [6.07, 6.45) is 12.8. The van der Waals surface area contributed by atoms with Gasteiger partial charge in [0.25, 0.3) is 6.79 Å². The highest BCUT2D eigenvalue weighted by Crippen LogP contribution is 2.14. The summed E-state index contributed by atoms with van der Waals surface area (Å²) in [5.74, 6) is 8.29. The lowest BCUT2D eigenvalue weighted by Gasteiger charge is -2.22. The highest BCUT2D eigenvalue weighted by molar-refractivity contribution is 5.87. The molecule has 10 aliphatic heterocycles. The number of hydroxylamine groups is 2. The van der Waals surface area contributed by atoms with E-state index < -0.39 is 0 Å². The molecule has 26 nitrogen and oxygen atoms in total. The average molecular weight is 1550 g/mol. The van der Waals surface area contributed by atoms with Crippen LogP contribution in [0.1, 0.15) is 322 Å². The van der Waals surface area contributed by atoms with Gasteiger partial charge in [-0.3, -0.25) is 30.6 Å². The van der Waals surface area contributed by atoms with E-state index in [1.165, 1.54) is 42.8 Å². The van der Waals surface area contributed by atoms with Gasteiger partial charge < -0.3 is 58.1 Å². The number of nitrogens with one attached hydrogen (secondary N) is 3. The quantitative estimate of drug-likeness (QED) is 0.183. The standard InChI is InChI=1S/C8H15NO.C7H14N2.C7H13NO.C6H12N2O.3C6H11NO2.C6H11NO.C5H10N2O.C5H9NO2.10C2H6/c1-7(2)8-5-3-4-6-10-9-8;1-6(2)7-3-4-8-5-9-7;1-6(2)7-4-3-5-9-8-7;1-5(2)6-7-3-4-9-8-6;1-5(2)6-3-9-7-4-8-6;1-5(2)6-3-8-4-7-9-6;1-5(2)6-7-9-4-3-8-6;1-5(2)6-3-4-8-7-6;1-4(2)5-6-3-8-7-5;1-4(2)5-6-8-3-7-5;10*1-2/h7H,3-6H2,1-2H3;5-7H,3-4H2,1-2H3,(H,8,9);6H,3-5H2,1-2H3;5H,3-4H2,1-2H3,(H,7,8);2*4-6H,3H2,1-2H3;5H,3-4H2,1-2H3;5H,3-4H2,1-2H3;4H,3H2,1-2H3,(H,6,7);4H,3H2,1-2H3;10*1-2H3. The average Bonchev–Trinajstić information content (AvgIpc) is 1.90. The highest BCUT2D eigenvalue weighted by Gasteiger charge is 2.19. The fraction of sp³-hybridized carbons (Fsp3) is 0.878. The largest absolute Gasteiger partial charge is 0.477 e. The Bertz CT molecular complexity index is 1920. The molecule has 0 radical (unpaired) electrons. The number of nitrogens with zero attached hydrogens (tertiary/aromatic N) is 10. The lowest BCUT2D eigenvalue weighted by molar-refractivity contribution is -0.0306. The molecule has 3 N–H and O–H groups in total. The highest BCUT2D eigenvalue weighted by atomic mass is 16.8. The third-order valence-corrected chi connectivity index (χ3v) is 13.2. The number of oxime groups is 7. The molecule has 0 aromatic carbocycles. The van der Waals surface area contributed by atoms with Gasteiger partial charge in [0.2, 0.25) is 24.6 Å². The molecule has 0 aliphatic carbocycles. The van der Waals surface area contributed by atoms with Crippen LogP contribution >= 0.6 is 0 Å². The maximum absolute atomic E-state index is 5.16.